The van der Waals surface area contributed by atoms with Crippen molar-refractivity contribution in [1.82, 2.24) is 9.62 Å². The van der Waals surface area contributed by atoms with E-state index in [1.807, 2.05) is 25.1 Å². The van der Waals surface area contributed by atoms with Crippen LogP contribution < -0.4 is 10.6 Å². The molecule has 1 aliphatic rings. The van der Waals surface area contributed by atoms with E-state index in [9.17, 15) is 13.2 Å². The van der Waals surface area contributed by atoms with Gasteiger partial charge in [-0.2, -0.15) is 4.31 Å². The van der Waals surface area contributed by atoms with Crippen LogP contribution in [0.25, 0.3) is 10.8 Å². The molecule has 7 heteroatoms. The second kappa shape index (κ2) is 8.37. The third-order valence-electron chi connectivity index (χ3n) is 4.94. The van der Waals surface area contributed by atoms with Crippen molar-refractivity contribution in [3.63, 3.8) is 0 Å². The number of carbonyl (C=O) groups is 1. The number of nitrogens with zero attached hydrogens (tertiary/aromatic N) is 1. The number of nitrogens with one attached hydrogen (secondary N) is 2. The molecule has 0 saturated carbocycles. The number of sulfonamides is 1. The molecule has 1 fully saturated rings. The van der Waals surface area contributed by atoms with E-state index in [1.54, 1.807) is 22.5 Å². The molecule has 0 radical (unpaired) electrons. The van der Waals surface area contributed by atoms with Crippen molar-refractivity contribution in [1.29, 1.82) is 0 Å². The van der Waals surface area contributed by atoms with Crippen molar-refractivity contribution in [2.75, 3.05) is 25.0 Å². The molecule has 1 heterocycles. The minimum Gasteiger partial charge on any atom is -0.326 e. The average molecular weight is 390 g/mol. The molecule has 1 aliphatic heterocycles. The van der Waals surface area contributed by atoms with Crippen LogP contribution in [0, 0.1) is 0 Å². The Labute approximate surface area is 161 Å². The topological polar surface area (TPSA) is 78.5 Å². The number of fused-ring (bicyclic) bond motifs is 1. The summed E-state index contributed by atoms with van der Waals surface area (Å²) in [6, 6.07) is 10.6. The summed E-state index contributed by atoms with van der Waals surface area (Å²) < 4.78 is 28.8. The Morgan fingerprint density at radius 3 is 2.44 bits per heavy atom. The molecule has 0 atom stereocenters. The fraction of sp³-hybridized carbons (Fsp3) is 0.450. The van der Waals surface area contributed by atoms with E-state index in [1.165, 1.54) is 6.92 Å². The summed E-state index contributed by atoms with van der Waals surface area (Å²) in [5.74, 6) is -0.182. The summed E-state index contributed by atoms with van der Waals surface area (Å²) in [5, 5.41) is 7.45. The fourth-order valence-corrected chi connectivity index (χ4v) is 5.71. The Balaban J connectivity index is 2.10. The number of benzene rings is 2. The summed E-state index contributed by atoms with van der Waals surface area (Å²) >= 11 is 0. The zero-order chi connectivity index (χ0) is 19.4. The third kappa shape index (κ3) is 4.15. The van der Waals surface area contributed by atoms with Gasteiger partial charge in [0.1, 0.15) is 0 Å². The minimum absolute atomic E-state index is 0.0185. The van der Waals surface area contributed by atoms with E-state index in [-0.39, 0.29) is 11.9 Å². The van der Waals surface area contributed by atoms with Gasteiger partial charge in [-0.15, -0.1) is 0 Å². The molecule has 1 amide bonds. The maximum Gasteiger partial charge on any atom is 0.243 e. The normalized spacial score (nSPS) is 16.0. The maximum absolute atomic E-state index is 13.6. The van der Waals surface area contributed by atoms with Crippen LogP contribution in [0.4, 0.5) is 5.69 Å². The van der Waals surface area contributed by atoms with E-state index >= 15 is 0 Å². The SMILES string of the molecule is CCCN(C1CCNCC1)S(=O)(=O)c1ccc(NC(C)=O)c2ccccc12. The molecule has 3 rings (SSSR count). The van der Waals surface area contributed by atoms with Crippen molar-refractivity contribution in [2.45, 2.75) is 44.0 Å². The summed E-state index contributed by atoms with van der Waals surface area (Å²) in [5.41, 5.74) is 0.626. The van der Waals surface area contributed by atoms with E-state index in [0.29, 0.717) is 22.5 Å². The Morgan fingerprint density at radius 2 is 1.81 bits per heavy atom. The Morgan fingerprint density at radius 1 is 1.15 bits per heavy atom. The largest absolute Gasteiger partial charge is 0.326 e. The van der Waals surface area contributed by atoms with Gasteiger partial charge in [0.05, 0.1) is 4.90 Å². The van der Waals surface area contributed by atoms with Crippen LogP contribution in [0.1, 0.15) is 33.1 Å². The van der Waals surface area contributed by atoms with Gasteiger partial charge in [-0.05, 0) is 44.5 Å². The lowest BCUT2D eigenvalue weighted by Gasteiger charge is -2.34. The lowest BCUT2D eigenvalue weighted by atomic mass is 10.1. The first-order valence-corrected chi connectivity index (χ1v) is 10.9. The second-order valence-electron chi connectivity index (χ2n) is 6.93. The smallest absolute Gasteiger partial charge is 0.243 e. The molecule has 0 bridgehead atoms. The van der Waals surface area contributed by atoms with Gasteiger partial charge in [-0.1, -0.05) is 31.2 Å². The number of hydrogen-bond donors (Lipinski definition) is 2. The molecule has 2 N–H and O–H groups in total. The fourth-order valence-electron chi connectivity index (χ4n) is 3.74. The van der Waals surface area contributed by atoms with Gasteiger partial charge in [0, 0.05) is 36.0 Å². The third-order valence-corrected chi connectivity index (χ3v) is 6.95. The number of piperidine rings is 1. The molecular weight excluding hydrogens is 362 g/mol. The molecule has 0 unspecified atom stereocenters. The van der Waals surface area contributed by atoms with Crippen molar-refractivity contribution in [3.05, 3.63) is 36.4 Å². The minimum atomic E-state index is -3.64. The highest BCUT2D eigenvalue weighted by atomic mass is 32.2. The van der Waals surface area contributed by atoms with Crippen LogP contribution in [-0.2, 0) is 14.8 Å². The summed E-state index contributed by atoms with van der Waals surface area (Å²) in [4.78, 5) is 11.8. The van der Waals surface area contributed by atoms with E-state index < -0.39 is 10.0 Å². The van der Waals surface area contributed by atoms with Crippen LogP contribution >= 0.6 is 0 Å². The molecule has 1 saturated heterocycles. The quantitative estimate of drug-likeness (QED) is 0.796. The predicted octanol–water partition coefficient (Wildman–Crippen LogP) is 2.95. The lowest BCUT2D eigenvalue weighted by Crippen LogP contribution is -2.46. The first kappa shape index (κ1) is 19.8. The second-order valence-corrected chi connectivity index (χ2v) is 8.79. The number of rotatable bonds is 6. The van der Waals surface area contributed by atoms with Crippen LogP contribution in [0.3, 0.4) is 0 Å². The first-order chi connectivity index (χ1) is 12.9. The Hall–Kier alpha value is -1.96. The number of amides is 1. The summed E-state index contributed by atoms with van der Waals surface area (Å²) in [7, 11) is -3.64. The summed E-state index contributed by atoms with van der Waals surface area (Å²) in [6.45, 7) is 5.63. The molecule has 27 heavy (non-hydrogen) atoms. The number of hydrogen-bond acceptors (Lipinski definition) is 4. The van der Waals surface area contributed by atoms with Gasteiger partial charge in [0.2, 0.25) is 15.9 Å². The van der Waals surface area contributed by atoms with Crippen molar-refractivity contribution >= 4 is 32.4 Å². The molecule has 2 aromatic rings. The molecule has 0 aliphatic carbocycles. The van der Waals surface area contributed by atoms with Crippen LogP contribution in [-0.4, -0.2) is 44.3 Å². The van der Waals surface area contributed by atoms with E-state index in [4.69, 9.17) is 0 Å². The number of carbonyl (C=O) groups excluding carboxylic acids is 1. The lowest BCUT2D eigenvalue weighted by molar-refractivity contribution is -0.114. The summed E-state index contributed by atoms with van der Waals surface area (Å²) in [6.07, 6.45) is 2.41. The van der Waals surface area contributed by atoms with Crippen LogP contribution in [0.5, 0.6) is 0 Å². The van der Waals surface area contributed by atoms with Gasteiger partial charge >= 0.3 is 0 Å². The zero-order valence-corrected chi connectivity index (χ0v) is 16.7. The molecule has 2 aromatic carbocycles. The predicted molar refractivity (Wildman–Crippen MR) is 108 cm³/mol. The van der Waals surface area contributed by atoms with Gasteiger partial charge in [0.15, 0.2) is 0 Å². The van der Waals surface area contributed by atoms with Gasteiger partial charge in [-0.25, -0.2) is 8.42 Å². The highest BCUT2D eigenvalue weighted by molar-refractivity contribution is 7.89. The molecule has 146 valence electrons. The van der Waals surface area contributed by atoms with Gasteiger partial charge in [0.25, 0.3) is 0 Å². The van der Waals surface area contributed by atoms with Crippen molar-refractivity contribution < 1.29 is 13.2 Å². The van der Waals surface area contributed by atoms with E-state index in [0.717, 1.165) is 37.7 Å². The van der Waals surface area contributed by atoms with Crippen LogP contribution in [0.2, 0.25) is 0 Å². The standard InChI is InChI=1S/C20H27N3O3S/c1-3-14-23(16-10-12-21-13-11-16)27(25,26)20-9-8-19(22-15(2)24)17-6-4-5-7-18(17)20/h4-9,16,21H,3,10-14H2,1-2H3,(H,22,24). The monoisotopic (exact) mass is 389 g/mol. The molecule has 6 nitrogen and oxygen atoms in total. The Kier molecular flexibility index (Phi) is 6.14. The highest BCUT2D eigenvalue weighted by Crippen LogP contribution is 2.32. The zero-order valence-electron chi connectivity index (χ0n) is 15.9. The van der Waals surface area contributed by atoms with Crippen LogP contribution in [0.15, 0.2) is 41.3 Å². The maximum atomic E-state index is 13.6. The first-order valence-electron chi connectivity index (χ1n) is 9.47. The molecule has 0 spiro atoms. The van der Waals surface area contributed by atoms with Crippen molar-refractivity contribution in [3.8, 4) is 0 Å². The average Bonchev–Trinajstić information content (AvgIpc) is 2.66. The molecular formula is C20H27N3O3S. The van der Waals surface area contributed by atoms with E-state index in [2.05, 4.69) is 10.6 Å². The Bertz CT molecular complexity index is 921. The van der Waals surface area contributed by atoms with Gasteiger partial charge < -0.3 is 10.6 Å². The van der Waals surface area contributed by atoms with Gasteiger partial charge in [-0.3, -0.25) is 4.79 Å². The number of anilines is 1. The van der Waals surface area contributed by atoms with Crippen molar-refractivity contribution in [2.24, 2.45) is 0 Å². The molecule has 0 aromatic heterocycles. The highest BCUT2D eigenvalue weighted by Gasteiger charge is 2.32.